The van der Waals surface area contributed by atoms with Gasteiger partial charge in [-0.1, -0.05) is 48.0 Å². The van der Waals surface area contributed by atoms with Gasteiger partial charge in [0.05, 0.1) is 10.7 Å². The number of aryl methyl sites for hydroxylation is 1. The lowest BCUT2D eigenvalue weighted by atomic mass is 10.2. The van der Waals surface area contributed by atoms with Crippen molar-refractivity contribution in [3.8, 4) is 17.1 Å². The first-order valence-electron chi connectivity index (χ1n) is 10.3. The zero-order valence-electron chi connectivity index (χ0n) is 17.9. The van der Waals surface area contributed by atoms with Crippen molar-refractivity contribution < 1.29 is 9.53 Å². The van der Waals surface area contributed by atoms with Gasteiger partial charge in [-0.15, -0.1) is 0 Å². The summed E-state index contributed by atoms with van der Waals surface area (Å²) in [5.74, 6) is 0.858. The number of benzene rings is 2. The first-order chi connectivity index (χ1) is 16.5. The monoisotopic (exact) mass is 475 g/mol. The molecule has 0 unspecified atom stereocenters. The van der Waals surface area contributed by atoms with Gasteiger partial charge in [-0.25, -0.2) is 4.98 Å². The smallest absolute Gasteiger partial charge is 0.274 e. The molecule has 2 aromatic carbocycles. The summed E-state index contributed by atoms with van der Waals surface area (Å²) in [6.45, 7) is 1.75. The molecule has 1 amide bonds. The number of hydrogen-bond donors (Lipinski definition) is 3. The molecule has 11 heteroatoms. The largest absolute Gasteiger partial charge is 0.486 e. The lowest BCUT2D eigenvalue weighted by Crippen LogP contribution is -2.17. The fourth-order valence-corrected chi connectivity index (χ4v) is 3.64. The number of nitrogens with one attached hydrogen (secondary N) is 3. The van der Waals surface area contributed by atoms with Crippen molar-refractivity contribution in [2.45, 2.75) is 13.5 Å². The van der Waals surface area contributed by atoms with Crippen LogP contribution in [0.1, 0.15) is 21.7 Å². The van der Waals surface area contributed by atoms with Crippen LogP contribution >= 0.6 is 11.6 Å². The van der Waals surface area contributed by atoms with Gasteiger partial charge in [0.25, 0.3) is 17.2 Å². The number of aromatic amines is 2. The maximum absolute atomic E-state index is 12.8. The molecule has 0 aliphatic rings. The van der Waals surface area contributed by atoms with Crippen molar-refractivity contribution in [1.29, 1.82) is 0 Å². The molecule has 34 heavy (non-hydrogen) atoms. The minimum Gasteiger partial charge on any atom is -0.486 e. The summed E-state index contributed by atoms with van der Waals surface area (Å²) in [6.07, 6.45) is 0. The highest BCUT2D eigenvalue weighted by Gasteiger charge is 2.19. The van der Waals surface area contributed by atoms with Crippen molar-refractivity contribution in [2.24, 2.45) is 0 Å². The van der Waals surface area contributed by atoms with E-state index >= 15 is 0 Å². The quantitative estimate of drug-likeness (QED) is 0.344. The van der Waals surface area contributed by atoms with E-state index in [-0.39, 0.29) is 34.3 Å². The average Bonchev–Trinajstić information content (AvgIpc) is 3.44. The molecule has 5 aromatic rings. The van der Waals surface area contributed by atoms with Gasteiger partial charge in [0, 0.05) is 23.4 Å². The van der Waals surface area contributed by atoms with E-state index in [4.69, 9.17) is 16.3 Å². The second-order valence-corrected chi connectivity index (χ2v) is 7.86. The second-order valence-electron chi connectivity index (χ2n) is 7.45. The third-order valence-electron chi connectivity index (χ3n) is 4.96. The minimum atomic E-state index is -0.476. The van der Waals surface area contributed by atoms with Gasteiger partial charge < -0.3 is 10.1 Å². The second kappa shape index (κ2) is 8.83. The summed E-state index contributed by atoms with van der Waals surface area (Å²) in [7, 11) is 0. The highest BCUT2D eigenvalue weighted by Crippen LogP contribution is 2.28. The fraction of sp³-hybridized carbons (Fsp3) is 0.0870. The van der Waals surface area contributed by atoms with Crippen LogP contribution in [0.5, 0.6) is 5.75 Å². The zero-order valence-corrected chi connectivity index (χ0v) is 18.6. The van der Waals surface area contributed by atoms with Crippen LogP contribution in [0.2, 0.25) is 5.02 Å². The van der Waals surface area contributed by atoms with Gasteiger partial charge in [-0.05, 0) is 19.1 Å². The fourth-order valence-electron chi connectivity index (χ4n) is 3.38. The topological polar surface area (TPSA) is 130 Å². The van der Waals surface area contributed by atoms with Gasteiger partial charge in [0.2, 0.25) is 0 Å². The maximum atomic E-state index is 12.8. The molecule has 0 radical (unpaired) electrons. The number of carbonyl (C=O) groups is 1. The first kappa shape index (κ1) is 21.4. The number of carbonyl (C=O) groups excluding carboxylic acids is 1. The lowest BCUT2D eigenvalue weighted by molar-refractivity contribution is 0.102. The summed E-state index contributed by atoms with van der Waals surface area (Å²) in [5, 5.41) is 12.6. The van der Waals surface area contributed by atoms with Gasteiger partial charge in [-0.3, -0.25) is 19.8 Å². The van der Waals surface area contributed by atoms with Crippen molar-refractivity contribution in [3.05, 3.63) is 93.0 Å². The number of rotatable bonds is 6. The van der Waals surface area contributed by atoms with E-state index in [0.717, 1.165) is 11.3 Å². The van der Waals surface area contributed by atoms with Crippen LogP contribution in [0.3, 0.4) is 0 Å². The molecular weight excluding hydrogens is 458 g/mol. The van der Waals surface area contributed by atoms with E-state index in [2.05, 4.69) is 30.6 Å². The predicted octanol–water partition coefficient (Wildman–Crippen LogP) is 3.60. The van der Waals surface area contributed by atoms with E-state index < -0.39 is 5.91 Å². The maximum Gasteiger partial charge on any atom is 0.274 e. The molecule has 3 heterocycles. The van der Waals surface area contributed by atoms with Crippen LogP contribution in [0.25, 0.3) is 17.2 Å². The number of fused-ring (bicyclic) bond motifs is 1. The van der Waals surface area contributed by atoms with Crippen LogP contribution in [-0.4, -0.2) is 35.7 Å². The molecule has 170 valence electrons. The number of nitrogens with zero attached hydrogens (tertiary/aromatic N) is 4. The number of anilines is 1. The van der Waals surface area contributed by atoms with E-state index in [0.29, 0.717) is 17.3 Å². The van der Waals surface area contributed by atoms with Crippen LogP contribution in [0.15, 0.2) is 65.5 Å². The molecule has 3 N–H and O–H groups in total. The minimum absolute atomic E-state index is 0.0681. The number of aromatic nitrogens is 6. The highest BCUT2D eigenvalue weighted by atomic mass is 35.5. The van der Waals surface area contributed by atoms with Crippen molar-refractivity contribution in [1.82, 2.24) is 29.8 Å². The molecule has 10 nitrogen and oxygen atoms in total. The Labute approximate surface area is 197 Å². The van der Waals surface area contributed by atoms with Crippen LogP contribution in [-0.2, 0) is 6.61 Å². The van der Waals surface area contributed by atoms with Gasteiger partial charge >= 0.3 is 0 Å². The Morgan fingerprint density at radius 3 is 2.71 bits per heavy atom. The normalized spacial score (nSPS) is 11.0. The zero-order chi connectivity index (χ0) is 23.7. The Morgan fingerprint density at radius 2 is 1.94 bits per heavy atom. The summed E-state index contributed by atoms with van der Waals surface area (Å²) >= 11 is 6.29. The molecule has 0 bridgehead atoms. The Bertz CT molecular complexity index is 1560. The molecule has 0 aliphatic carbocycles. The van der Waals surface area contributed by atoms with Gasteiger partial charge in [-0.2, -0.15) is 14.6 Å². The van der Waals surface area contributed by atoms with E-state index in [1.54, 1.807) is 24.3 Å². The number of amides is 1. The average molecular weight is 476 g/mol. The lowest BCUT2D eigenvalue weighted by Gasteiger charge is -2.12. The van der Waals surface area contributed by atoms with E-state index in [9.17, 15) is 9.59 Å². The summed E-state index contributed by atoms with van der Waals surface area (Å²) in [6, 6.07) is 17.3. The summed E-state index contributed by atoms with van der Waals surface area (Å²) in [4.78, 5) is 34.2. The first-order valence-corrected chi connectivity index (χ1v) is 10.6. The van der Waals surface area contributed by atoms with Crippen molar-refractivity contribution in [2.75, 3.05) is 5.32 Å². The number of hydrogen-bond acceptors (Lipinski definition) is 6. The molecule has 0 aliphatic heterocycles. The Morgan fingerprint density at radius 1 is 1.12 bits per heavy atom. The van der Waals surface area contributed by atoms with Gasteiger partial charge in [0.15, 0.2) is 11.6 Å². The SMILES string of the molecule is Cc1cc(NC(=O)c2c(Cl)cccc2OCc2cc(=O)n3[nH]c(-c4ccccc4)nc3n2)n[nH]1. The Hall–Kier alpha value is -4.44. The van der Waals surface area contributed by atoms with Crippen LogP contribution < -0.4 is 15.6 Å². The third-order valence-corrected chi connectivity index (χ3v) is 5.27. The van der Waals surface area contributed by atoms with Crippen molar-refractivity contribution in [3.63, 3.8) is 0 Å². The molecule has 5 rings (SSSR count). The molecule has 0 fully saturated rings. The summed E-state index contributed by atoms with van der Waals surface area (Å²) in [5.41, 5.74) is 1.79. The molecule has 3 aromatic heterocycles. The predicted molar refractivity (Wildman–Crippen MR) is 126 cm³/mol. The van der Waals surface area contributed by atoms with E-state index in [1.165, 1.54) is 10.6 Å². The number of halogens is 1. The number of ether oxygens (including phenoxy) is 1. The highest BCUT2D eigenvalue weighted by molar-refractivity contribution is 6.34. The number of H-pyrrole nitrogens is 2. The molecular formula is C23H18ClN7O3. The molecule has 0 saturated carbocycles. The van der Waals surface area contributed by atoms with Crippen LogP contribution in [0, 0.1) is 6.92 Å². The van der Waals surface area contributed by atoms with Crippen molar-refractivity contribution >= 4 is 29.1 Å². The standard InChI is InChI=1S/C23H18ClN7O3/c1-13-10-18(29-28-13)26-22(33)20-16(24)8-5-9-17(20)34-12-15-11-19(32)31-23(25-15)27-21(30-31)14-6-3-2-4-7-14/h2-11H,12H2,1H3,(H,25,27,30)(H2,26,28,29,33). The van der Waals surface area contributed by atoms with E-state index in [1.807, 2.05) is 37.3 Å². The summed E-state index contributed by atoms with van der Waals surface area (Å²) < 4.78 is 7.10. The third kappa shape index (κ3) is 4.26. The van der Waals surface area contributed by atoms with Crippen LogP contribution in [0.4, 0.5) is 5.82 Å². The van der Waals surface area contributed by atoms with Gasteiger partial charge in [0.1, 0.15) is 17.9 Å². The molecule has 0 atom stereocenters. The Balaban J connectivity index is 1.40. The Kier molecular flexibility index (Phi) is 5.56. The molecule has 0 spiro atoms. The molecule has 0 saturated heterocycles.